The summed E-state index contributed by atoms with van der Waals surface area (Å²) in [6, 6.07) is -3.62. The molecule has 280 valence electrons. The normalized spacial score (nSPS) is 24.2. The van der Waals surface area contributed by atoms with Crippen molar-refractivity contribution in [1.82, 2.24) is 26.2 Å². The van der Waals surface area contributed by atoms with Gasteiger partial charge in [-0.15, -0.1) is 11.6 Å². The number of carbonyl (C=O) groups excluding carboxylic acids is 5. The molecule has 1 heterocycles. The number of Topliss-reactive ketones (excluding diaryl/α,β-unsaturated/α-hetero) is 1. The summed E-state index contributed by atoms with van der Waals surface area (Å²) in [6.45, 7) is 16.9. The number of fused-ring (bicyclic) bond motifs is 1. The van der Waals surface area contributed by atoms with Crippen LogP contribution in [0.3, 0.4) is 0 Å². The minimum atomic E-state index is -3.57. The maximum absolute atomic E-state index is 14.4. The van der Waals surface area contributed by atoms with E-state index in [0.29, 0.717) is 25.8 Å². The molecule has 12 nitrogen and oxygen atoms in total. The third-order valence-electron chi connectivity index (χ3n) is 10.8. The molecule has 0 aromatic rings. The second-order valence-corrected chi connectivity index (χ2v) is 20.1. The second-order valence-electron chi connectivity index (χ2n) is 17.0. The highest BCUT2D eigenvalue weighted by Crippen LogP contribution is 2.65. The maximum atomic E-state index is 14.4. The summed E-state index contributed by atoms with van der Waals surface area (Å²) in [5, 5.41) is 11.2. The molecule has 1 aliphatic heterocycles. The lowest BCUT2D eigenvalue weighted by molar-refractivity contribution is -0.145. The number of sulfone groups is 1. The van der Waals surface area contributed by atoms with Gasteiger partial charge in [0.15, 0.2) is 9.84 Å². The number of nitrogens with zero attached hydrogens (tertiary/aromatic N) is 1. The molecule has 14 heteroatoms. The molecule has 0 spiro atoms. The van der Waals surface area contributed by atoms with Crippen molar-refractivity contribution >= 4 is 51.0 Å². The summed E-state index contributed by atoms with van der Waals surface area (Å²) in [4.78, 5) is 69.4. The average Bonchev–Trinajstić information content (AvgIpc) is 3.30. The van der Waals surface area contributed by atoms with Crippen molar-refractivity contribution in [2.24, 2.45) is 22.7 Å². The fourth-order valence-corrected chi connectivity index (χ4v) is 9.11. The highest BCUT2D eigenvalue weighted by Gasteiger charge is 2.70. The summed E-state index contributed by atoms with van der Waals surface area (Å²) < 4.78 is 25.6. The van der Waals surface area contributed by atoms with Gasteiger partial charge in [0.25, 0.3) is 5.91 Å². The number of rotatable bonds is 14. The summed E-state index contributed by atoms with van der Waals surface area (Å²) in [5.74, 6) is -2.68. The molecule has 2 unspecified atom stereocenters. The lowest BCUT2D eigenvalue weighted by Gasteiger charge is -2.41. The number of piperidine rings is 1. The quantitative estimate of drug-likeness (QED) is 0.156. The zero-order chi connectivity index (χ0) is 37.2. The van der Waals surface area contributed by atoms with E-state index in [-0.39, 0.29) is 41.8 Å². The Balaban J connectivity index is 1.86. The van der Waals surface area contributed by atoms with Gasteiger partial charge in [-0.2, -0.15) is 0 Å². The molecular formula is C35H60ClN5O7S. The highest BCUT2D eigenvalue weighted by molar-refractivity contribution is 7.92. The van der Waals surface area contributed by atoms with Crippen molar-refractivity contribution in [2.45, 2.75) is 142 Å². The minimum absolute atomic E-state index is 0.0478. The molecule has 0 aromatic carbocycles. The van der Waals surface area contributed by atoms with Crippen LogP contribution in [-0.2, 0) is 29.0 Å². The van der Waals surface area contributed by atoms with Gasteiger partial charge in [-0.05, 0) is 62.7 Å². The van der Waals surface area contributed by atoms with E-state index in [1.54, 1.807) is 20.8 Å². The fraction of sp³-hybridized carbons (Fsp3) is 0.857. The van der Waals surface area contributed by atoms with E-state index >= 15 is 0 Å². The monoisotopic (exact) mass is 729 g/mol. The first-order valence-electron chi connectivity index (χ1n) is 17.8. The van der Waals surface area contributed by atoms with E-state index in [4.69, 9.17) is 11.6 Å². The number of alkyl halides is 1. The largest absolute Gasteiger partial charge is 0.348 e. The third-order valence-corrected chi connectivity index (χ3v) is 13.8. The van der Waals surface area contributed by atoms with Gasteiger partial charge in [-0.1, -0.05) is 73.6 Å². The molecule has 2 aliphatic carbocycles. The first kappa shape index (κ1) is 41.0. The van der Waals surface area contributed by atoms with Crippen LogP contribution in [0.5, 0.6) is 0 Å². The van der Waals surface area contributed by atoms with Crippen molar-refractivity contribution in [2.75, 3.05) is 24.7 Å². The highest BCUT2D eigenvalue weighted by atomic mass is 35.5. The molecule has 0 radical (unpaired) electrons. The SMILES string of the molecule is CCCCC(NC(=O)[C@@H]1[C@@H]2C(CN1C(=O)[C@@H](NC(=O)NC1(CS(=O)(=O)C(C)(C)C)CCCCC1)C(C)(C)C)C2(C)C)C(=O)C(=O)NCCCl. The Morgan fingerprint density at radius 2 is 1.57 bits per heavy atom. The smallest absolute Gasteiger partial charge is 0.315 e. The number of hydrogen-bond acceptors (Lipinski definition) is 7. The van der Waals surface area contributed by atoms with Crippen molar-refractivity contribution in [3.63, 3.8) is 0 Å². The Bertz CT molecular complexity index is 1360. The van der Waals surface area contributed by atoms with Crippen molar-refractivity contribution in [3.8, 4) is 0 Å². The molecule has 0 bridgehead atoms. The summed E-state index contributed by atoms with van der Waals surface area (Å²) >= 11 is 5.68. The van der Waals surface area contributed by atoms with Crippen LogP contribution in [0.2, 0.25) is 0 Å². The fourth-order valence-electron chi connectivity index (χ4n) is 7.49. The molecule has 3 aliphatic rings. The lowest BCUT2D eigenvalue weighted by atomic mass is 9.83. The third kappa shape index (κ3) is 9.48. The van der Waals surface area contributed by atoms with Crippen molar-refractivity contribution in [1.29, 1.82) is 0 Å². The first-order chi connectivity index (χ1) is 22.5. The molecule has 3 rings (SSSR count). The number of nitrogens with one attached hydrogen (secondary N) is 4. The van der Waals surface area contributed by atoms with Crippen LogP contribution in [-0.4, -0.2) is 96.0 Å². The summed E-state index contributed by atoms with van der Waals surface area (Å²) in [7, 11) is -3.57. The number of carbonyl (C=O) groups is 5. The van der Waals surface area contributed by atoms with E-state index in [0.717, 1.165) is 25.7 Å². The van der Waals surface area contributed by atoms with Crippen molar-refractivity contribution < 1.29 is 32.4 Å². The number of halogens is 1. The predicted octanol–water partition coefficient (Wildman–Crippen LogP) is 3.70. The van der Waals surface area contributed by atoms with Crippen LogP contribution >= 0.6 is 11.6 Å². The Kier molecular flexibility index (Phi) is 12.9. The van der Waals surface area contributed by atoms with Crippen LogP contribution < -0.4 is 21.3 Å². The van der Waals surface area contributed by atoms with Crippen LogP contribution in [0.25, 0.3) is 0 Å². The number of likely N-dealkylation sites (tertiary alicyclic amines) is 1. The molecule has 5 atom stereocenters. The molecule has 5 amide bonds. The minimum Gasteiger partial charge on any atom is -0.348 e. The van der Waals surface area contributed by atoms with E-state index in [1.807, 2.05) is 41.5 Å². The molecule has 0 aromatic heterocycles. The Labute approximate surface area is 298 Å². The Morgan fingerprint density at radius 1 is 0.959 bits per heavy atom. The predicted molar refractivity (Wildman–Crippen MR) is 191 cm³/mol. The maximum Gasteiger partial charge on any atom is 0.315 e. The Morgan fingerprint density at radius 3 is 2.10 bits per heavy atom. The van der Waals surface area contributed by atoms with Gasteiger partial charge in [0.1, 0.15) is 12.1 Å². The van der Waals surface area contributed by atoms with Gasteiger partial charge >= 0.3 is 6.03 Å². The van der Waals surface area contributed by atoms with E-state index in [9.17, 15) is 32.4 Å². The lowest BCUT2D eigenvalue weighted by Crippen LogP contribution is -2.64. The van der Waals surface area contributed by atoms with E-state index < -0.39 is 73.2 Å². The van der Waals surface area contributed by atoms with Crippen LogP contribution in [0.1, 0.15) is 114 Å². The van der Waals surface area contributed by atoms with Gasteiger partial charge in [0.2, 0.25) is 17.6 Å². The first-order valence-corrected chi connectivity index (χ1v) is 20.0. The molecule has 1 saturated heterocycles. The van der Waals surface area contributed by atoms with Crippen molar-refractivity contribution in [3.05, 3.63) is 0 Å². The standard InChI is InChI=1S/C35H60ClN5O7S/c1-10-11-15-23(26(42)29(44)37-19-18-36)38-28(43)25-24-22(34(24,8)9)20-41(25)30(45)27(32(2,3)4)39-31(46)40-35(16-13-12-14-17-35)21-49(47,48)33(5,6)7/h22-25,27H,10-21H2,1-9H3,(H,37,44)(H,38,43)(H2,39,40,46)/t22?,23?,24-,25-,27+/m0/s1. The molecular weight excluding hydrogens is 670 g/mol. The number of ketones is 1. The van der Waals surface area contributed by atoms with Crippen LogP contribution in [0.4, 0.5) is 4.79 Å². The molecule has 49 heavy (non-hydrogen) atoms. The number of urea groups is 1. The van der Waals surface area contributed by atoms with Gasteiger partial charge in [0, 0.05) is 19.0 Å². The second kappa shape index (κ2) is 15.5. The van der Waals surface area contributed by atoms with Gasteiger partial charge in [0.05, 0.1) is 22.1 Å². The van der Waals surface area contributed by atoms with E-state index in [1.165, 1.54) is 4.90 Å². The Hall–Kier alpha value is -2.41. The zero-order valence-electron chi connectivity index (χ0n) is 31.0. The number of amides is 5. The molecule has 4 N–H and O–H groups in total. The molecule has 3 fully saturated rings. The average molecular weight is 730 g/mol. The zero-order valence-corrected chi connectivity index (χ0v) is 32.5. The van der Waals surface area contributed by atoms with Crippen LogP contribution in [0.15, 0.2) is 0 Å². The van der Waals surface area contributed by atoms with Gasteiger partial charge in [-0.25, -0.2) is 13.2 Å². The molecule has 2 saturated carbocycles. The summed E-state index contributed by atoms with van der Waals surface area (Å²) in [6.07, 6.45) is 5.15. The van der Waals surface area contributed by atoms with Crippen LogP contribution in [0, 0.1) is 22.7 Å². The van der Waals surface area contributed by atoms with Gasteiger partial charge < -0.3 is 26.2 Å². The topological polar surface area (TPSA) is 171 Å². The summed E-state index contributed by atoms with van der Waals surface area (Å²) in [5.41, 5.74) is -1.94. The number of unbranched alkanes of at least 4 members (excludes halogenated alkanes) is 1. The van der Waals surface area contributed by atoms with Gasteiger partial charge in [-0.3, -0.25) is 19.2 Å². The van der Waals surface area contributed by atoms with E-state index in [2.05, 4.69) is 21.3 Å². The number of hydrogen-bond donors (Lipinski definition) is 4.